The number of aryl methyl sites for hydroxylation is 5. The highest BCUT2D eigenvalue weighted by Gasteiger charge is 2.18. The van der Waals surface area contributed by atoms with Gasteiger partial charge in [-0.15, -0.1) is 0 Å². The Bertz CT molecular complexity index is 1220. The molecule has 1 aromatic heterocycles. The minimum atomic E-state index is 1.10. The highest BCUT2D eigenvalue weighted by molar-refractivity contribution is 6.33. The Kier molecular flexibility index (Phi) is 4.59. The summed E-state index contributed by atoms with van der Waals surface area (Å²) in [5.74, 6) is 0. The highest BCUT2D eigenvalue weighted by Crippen LogP contribution is 2.39. The fourth-order valence-corrected chi connectivity index (χ4v) is 4.39. The molecule has 0 bridgehead atoms. The van der Waals surface area contributed by atoms with Crippen LogP contribution in [0.15, 0.2) is 54.6 Å². The highest BCUT2D eigenvalue weighted by atomic mass is 14.7. The summed E-state index contributed by atoms with van der Waals surface area (Å²) >= 11 is 0. The van der Waals surface area contributed by atoms with Crippen molar-refractivity contribution in [2.75, 3.05) is 0 Å². The molecule has 0 saturated carbocycles. The molecule has 2 heteroatoms. The van der Waals surface area contributed by atoms with Gasteiger partial charge in [-0.1, -0.05) is 54.6 Å². The van der Waals surface area contributed by atoms with E-state index in [9.17, 15) is 0 Å². The van der Waals surface area contributed by atoms with Crippen LogP contribution in [0.5, 0.6) is 0 Å². The predicted octanol–water partition coefficient (Wildman–Crippen LogP) is 5.37. The van der Waals surface area contributed by atoms with Crippen LogP contribution in [0.1, 0.15) is 27.8 Å². The average molecular weight is 363 g/mol. The molecule has 138 valence electrons. The van der Waals surface area contributed by atoms with Crippen molar-refractivity contribution in [2.24, 2.45) is 0 Å². The molecule has 3 aromatic carbocycles. The summed E-state index contributed by atoms with van der Waals surface area (Å²) in [4.78, 5) is 5.08. The lowest BCUT2D eigenvalue weighted by Crippen LogP contribution is -2.15. The molecule has 0 aliphatic heterocycles. The molecule has 0 aliphatic rings. The van der Waals surface area contributed by atoms with Gasteiger partial charge in [0.1, 0.15) is 0 Å². The second kappa shape index (κ2) is 6.94. The maximum absolute atomic E-state index is 5.08. The first-order chi connectivity index (χ1) is 13.4. The van der Waals surface area contributed by atoms with Gasteiger partial charge in [0.25, 0.3) is 0 Å². The summed E-state index contributed by atoms with van der Waals surface area (Å²) in [6.45, 7) is 11.0. The Hall–Kier alpha value is -2.87. The summed E-state index contributed by atoms with van der Waals surface area (Å²) in [7, 11) is 2.12. The van der Waals surface area contributed by atoms with Crippen molar-refractivity contribution in [3.05, 3.63) is 82.4 Å². The lowest BCUT2D eigenvalue weighted by molar-refractivity contribution is 1.32. The van der Waals surface area contributed by atoms with E-state index in [0.717, 1.165) is 11.3 Å². The molecule has 0 aliphatic carbocycles. The fraction of sp³-hybridized carbons (Fsp3) is 0.192. The van der Waals surface area contributed by atoms with Gasteiger partial charge in [-0.05, 0) is 84.5 Å². The van der Waals surface area contributed by atoms with Gasteiger partial charge in [-0.2, -0.15) is 0 Å². The Morgan fingerprint density at radius 2 is 1.25 bits per heavy atom. The van der Waals surface area contributed by atoms with E-state index in [2.05, 4.69) is 97.1 Å². The molecule has 0 spiro atoms. The van der Waals surface area contributed by atoms with E-state index in [1.54, 1.807) is 0 Å². The van der Waals surface area contributed by atoms with Crippen LogP contribution in [-0.2, 0) is 0 Å². The van der Waals surface area contributed by atoms with Gasteiger partial charge in [0.05, 0.1) is 5.69 Å². The van der Waals surface area contributed by atoms with Crippen LogP contribution >= 0.6 is 0 Å². The number of benzene rings is 3. The third kappa shape index (κ3) is 2.84. The quantitative estimate of drug-likeness (QED) is 0.437. The molecule has 28 heavy (non-hydrogen) atoms. The third-order valence-corrected chi connectivity index (χ3v) is 6.05. The number of nitrogens with zero attached hydrogens (tertiary/aromatic N) is 1. The van der Waals surface area contributed by atoms with Crippen LogP contribution in [0, 0.1) is 34.6 Å². The van der Waals surface area contributed by atoms with Crippen molar-refractivity contribution in [1.29, 1.82) is 0 Å². The van der Waals surface area contributed by atoms with E-state index >= 15 is 0 Å². The first-order valence-corrected chi connectivity index (χ1v) is 9.93. The minimum absolute atomic E-state index is 1.10. The zero-order valence-electron chi connectivity index (χ0n) is 17.6. The van der Waals surface area contributed by atoms with Crippen molar-refractivity contribution >= 4 is 24.2 Å². The van der Waals surface area contributed by atoms with Gasteiger partial charge < -0.3 is 0 Å². The molecule has 0 radical (unpaired) electrons. The van der Waals surface area contributed by atoms with Crippen molar-refractivity contribution in [1.82, 2.24) is 4.98 Å². The Balaban J connectivity index is 2.18. The molecule has 0 fully saturated rings. The number of fused-ring (bicyclic) bond motifs is 1. The Labute approximate surface area is 168 Å². The summed E-state index contributed by atoms with van der Waals surface area (Å²) in [5, 5.41) is 2.60. The normalized spacial score (nSPS) is 11.2. The molecule has 0 N–H and O–H groups in total. The SMILES string of the molecule is Bc1nc(-c2ccccc2C)c2c(C)c(-c3ccccc3C)c(C)cc2c1C. The monoisotopic (exact) mass is 363 g/mol. The van der Waals surface area contributed by atoms with Gasteiger partial charge in [-0.25, -0.2) is 0 Å². The van der Waals surface area contributed by atoms with E-state index in [0.29, 0.717) is 0 Å². The molecule has 0 unspecified atom stereocenters. The zero-order valence-corrected chi connectivity index (χ0v) is 17.6. The van der Waals surface area contributed by atoms with Crippen LogP contribution in [0.2, 0.25) is 0 Å². The average Bonchev–Trinajstić information content (AvgIpc) is 2.67. The lowest BCUT2D eigenvalue weighted by atomic mass is 9.84. The Morgan fingerprint density at radius 3 is 1.86 bits per heavy atom. The number of hydrogen-bond donors (Lipinski definition) is 0. The van der Waals surface area contributed by atoms with Crippen LogP contribution in [0.25, 0.3) is 33.2 Å². The third-order valence-electron chi connectivity index (χ3n) is 6.05. The Morgan fingerprint density at radius 1 is 0.679 bits per heavy atom. The first kappa shape index (κ1) is 18.5. The summed E-state index contributed by atoms with van der Waals surface area (Å²) < 4.78 is 0. The van der Waals surface area contributed by atoms with Crippen LogP contribution in [0.4, 0.5) is 0 Å². The second-order valence-electron chi connectivity index (χ2n) is 7.92. The van der Waals surface area contributed by atoms with E-state index in [4.69, 9.17) is 4.98 Å². The molecule has 0 amide bonds. The smallest absolute Gasteiger partial charge is 0.164 e. The van der Waals surface area contributed by atoms with Gasteiger partial charge >= 0.3 is 0 Å². The van der Waals surface area contributed by atoms with Crippen LogP contribution in [0.3, 0.4) is 0 Å². The largest absolute Gasteiger partial charge is 0.263 e. The summed E-state index contributed by atoms with van der Waals surface area (Å²) in [5.41, 5.74) is 12.6. The number of aromatic nitrogens is 1. The molecule has 4 aromatic rings. The first-order valence-electron chi connectivity index (χ1n) is 9.93. The molecule has 1 heterocycles. The standard InChI is InChI=1S/C26H26BN/c1-15-10-6-8-12-20(15)23-17(3)14-22-18(4)26(27)28-25(24(22)19(23)5)21-13-9-7-11-16(21)2/h6-14H,27H2,1-5H3. The van der Waals surface area contributed by atoms with E-state index in [-0.39, 0.29) is 0 Å². The fourth-order valence-electron chi connectivity index (χ4n) is 4.39. The molecule has 1 nitrogen and oxygen atoms in total. The minimum Gasteiger partial charge on any atom is -0.263 e. The molecule has 0 saturated heterocycles. The van der Waals surface area contributed by atoms with Crippen molar-refractivity contribution in [3.63, 3.8) is 0 Å². The van der Waals surface area contributed by atoms with Crippen molar-refractivity contribution in [2.45, 2.75) is 34.6 Å². The molecule has 0 atom stereocenters. The topological polar surface area (TPSA) is 12.9 Å². The van der Waals surface area contributed by atoms with Gasteiger partial charge in [-0.3, -0.25) is 4.98 Å². The zero-order chi connectivity index (χ0) is 20.0. The lowest BCUT2D eigenvalue weighted by Gasteiger charge is -2.20. The number of pyridine rings is 1. The van der Waals surface area contributed by atoms with Gasteiger partial charge in [0.2, 0.25) is 0 Å². The van der Waals surface area contributed by atoms with Crippen molar-refractivity contribution < 1.29 is 0 Å². The van der Waals surface area contributed by atoms with Gasteiger partial charge in [0, 0.05) is 10.9 Å². The molecule has 4 rings (SSSR count). The number of rotatable bonds is 2. The predicted molar refractivity (Wildman–Crippen MR) is 124 cm³/mol. The second-order valence-corrected chi connectivity index (χ2v) is 7.92. The molecular weight excluding hydrogens is 337 g/mol. The van der Waals surface area contributed by atoms with E-state index < -0.39 is 0 Å². The van der Waals surface area contributed by atoms with Crippen molar-refractivity contribution in [3.8, 4) is 22.4 Å². The van der Waals surface area contributed by atoms with Crippen LogP contribution in [-0.4, -0.2) is 12.8 Å². The maximum atomic E-state index is 5.08. The summed E-state index contributed by atoms with van der Waals surface area (Å²) in [6, 6.07) is 19.6. The van der Waals surface area contributed by atoms with Gasteiger partial charge in [0.15, 0.2) is 7.85 Å². The van der Waals surface area contributed by atoms with Crippen LogP contribution < -0.4 is 5.59 Å². The molecular formula is C26H26BN. The van der Waals surface area contributed by atoms with E-state index in [1.807, 2.05) is 0 Å². The number of hydrogen-bond acceptors (Lipinski definition) is 1. The maximum Gasteiger partial charge on any atom is 0.164 e. The summed E-state index contributed by atoms with van der Waals surface area (Å²) in [6.07, 6.45) is 0. The van der Waals surface area contributed by atoms with E-state index in [1.165, 1.54) is 55.3 Å².